The summed E-state index contributed by atoms with van der Waals surface area (Å²) in [7, 11) is 0. The highest BCUT2D eigenvalue weighted by atomic mass is 19.4. The summed E-state index contributed by atoms with van der Waals surface area (Å²) in [5, 5.41) is 10.0. The van der Waals surface area contributed by atoms with Crippen molar-refractivity contribution < 1.29 is 31.7 Å². The van der Waals surface area contributed by atoms with Gasteiger partial charge >= 0.3 is 6.18 Å². The van der Waals surface area contributed by atoms with E-state index in [1.54, 1.807) is 6.07 Å². The zero-order chi connectivity index (χ0) is 20.1. The number of amides is 1. The normalized spacial score (nSPS) is 11.4. The third-order valence-corrected chi connectivity index (χ3v) is 3.73. The molecule has 0 saturated heterocycles. The van der Waals surface area contributed by atoms with Crippen LogP contribution in [0.1, 0.15) is 40.2 Å². The van der Waals surface area contributed by atoms with Crippen LogP contribution in [0.5, 0.6) is 5.75 Å². The van der Waals surface area contributed by atoms with E-state index in [0.29, 0.717) is 5.76 Å². The molecule has 0 aliphatic rings. The Kier molecular flexibility index (Phi) is 5.67. The Morgan fingerprint density at radius 3 is 2.64 bits per heavy atom. The molecule has 0 radical (unpaired) electrons. The van der Waals surface area contributed by atoms with Gasteiger partial charge in [-0.25, -0.2) is 0 Å². The number of ether oxygens (including phenoxy) is 1. The van der Waals surface area contributed by atoms with Crippen molar-refractivity contribution in [2.45, 2.75) is 32.7 Å². The number of aryl methyl sites for hydroxylation is 1. The highest BCUT2D eigenvalue weighted by Gasteiger charge is 2.30. The number of hydrogen-bond acceptors (Lipinski definition) is 6. The number of halogens is 3. The molecule has 28 heavy (non-hydrogen) atoms. The molecule has 10 heteroatoms. The molecule has 3 aromatic rings. The molecule has 2 heterocycles. The van der Waals surface area contributed by atoms with Crippen LogP contribution in [0.25, 0.3) is 0 Å². The van der Waals surface area contributed by atoms with Gasteiger partial charge < -0.3 is 19.1 Å². The number of carbonyl (C=O) groups excluding carboxylic acids is 1. The smallest absolute Gasteiger partial charge is 0.416 e. The number of hydrogen-bond donors (Lipinski definition) is 1. The van der Waals surface area contributed by atoms with E-state index >= 15 is 0 Å². The lowest BCUT2D eigenvalue weighted by Crippen LogP contribution is -2.22. The van der Waals surface area contributed by atoms with Crippen molar-refractivity contribution in [2.24, 2.45) is 0 Å². The zero-order valence-electron chi connectivity index (χ0n) is 14.7. The average Bonchev–Trinajstić information content (AvgIpc) is 3.33. The molecule has 0 bridgehead atoms. The SMILES string of the molecule is CCc1cc(CNC(=O)c2cc(COc3cccc(C(F)(F)F)c3)on2)on1. The second-order valence-corrected chi connectivity index (χ2v) is 5.81. The molecule has 0 aliphatic carbocycles. The molecule has 1 N–H and O–H groups in total. The first-order chi connectivity index (χ1) is 13.3. The van der Waals surface area contributed by atoms with Crippen LogP contribution in [0.4, 0.5) is 13.2 Å². The van der Waals surface area contributed by atoms with E-state index in [1.165, 1.54) is 18.2 Å². The fourth-order valence-electron chi connectivity index (χ4n) is 2.27. The summed E-state index contributed by atoms with van der Waals surface area (Å²) >= 11 is 0. The molecule has 1 aromatic carbocycles. The maximum atomic E-state index is 12.7. The van der Waals surface area contributed by atoms with Crippen LogP contribution < -0.4 is 10.1 Å². The van der Waals surface area contributed by atoms with Gasteiger partial charge in [0, 0.05) is 12.1 Å². The molecular formula is C18H16F3N3O4. The van der Waals surface area contributed by atoms with Crippen molar-refractivity contribution in [2.75, 3.05) is 0 Å². The molecule has 0 unspecified atom stereocenters. The summed E-state index contributed by atoms with van der Waals surface area (Å²) in [5.74, 6) is 0.218. The first-order valence-corrected chi connectivity index (χ1v) is 8.33. The molecule has 0 fully saturated rings. The number of aromatic nitrogens is 2. The van der Waals surface area contributed by atoms with Crippen molar-refractivity contribution in [1.29, 1.82) is 0 Å². The van der Waals surface area contributed by atoms with E-state index in [2.05, 4.69) is 15.6 Å². The topological polar surface area (TPSA) is 90.4 Å². The summed E-state index contributed by atoms with van der Waals surface area (Å²) in [5.41, 5.74) is -0.0288. The number of carbonyl (C=O) groups is 1. The molecule has 2 aromatic heterocycles. The number of alkyl halides is 3. The van der Waals surface area contributed by atoms with Crippen molar-refractivity contribution >= 4 is 5.91 Å². The first kappa shape index (κ1) is 19.5. The van der Waals surface area contributed by atoms with Crippen molar-refractivity contribution in [3.63, 3.8) is 0 Å². The first-order valence-electron chi connectivity index (χ1n) is 8.33. The van der Waals surface area contributed by atoms with Crippen LogP contribution in [-0.2, 0) is 25.7 Å². The second kappa shape index (κ2) is 8.15. The van der Waals surface area contributed by atoms with Gasteiger partial charge in [0.25, 0.3) is 5.91 Å². The summed E-state index contributed by atoms with van der Waals surface area (Å²) in [6, 6.07) is 7.54. The van der Waals surface area contributed by atoms with Gasteiger partial charge in [-0.05, 0) is 24.6 Å². The minimum Gasteiger partial charge on any atom is -0.486 e. The van der Waals surface area contributed by atoms with Crippen LogP contribution in [-0.4, -0.2) is 16.2 Å². The molecule has 1 amide bonds. The maximum Gasteiger partial charge on any atom is 0.416 e. The van der Waals surface area contributed by atoms with Crippen LogP contribution in [0.15, 0.2) is 45.4 Å². The number of nitrogens with one attached hydrogen (secondary N) is 1. The summed E-state index contributed by atoms with van der Waals surface area (Å²) in [6.45, 7) is 1.89. The van der Waals surface area contributed by atoms with Crippen molar-refractivity contribution in [3.05, 3.63) is 64.9 Å². The van der Waals surface area contributed by atoms with E-state index in [4.69, 9.17) is 13.8 Å². The Morgan fingerprint density at radius 2 is 1.93 bits per heavy atom. The van der Waals surface area contributed by atoms with Crippen LogP contribution in [0.2, 0.25) is 0 Å². The van der Waals surface area contributed by atoms with E-state index in [1.807, 2.05) is 6.92 Å². The Balaban J connectivity index is 1.54. The highest BCUT2D eigenvalue weighted by Crippen LogP contribution is 2.31. The van der Waals surface area contributed by atoms with Gasteiger partial charge in [0.1, 0.15) is 12.4 Å². The van der Waals surface area contributed by atoms with Crippen LogP contribution in [0, 0.1) is 0 Å². The minimum absolute atomic E-state index is 0.0119. The fraction of sp³-hybridized carbons (Fsp3) is 0.278. The lowest BCUT2D eigenvalue weighted by Gasteiger charge is -2.09. The van der Waals surface area contributed by atoms with Crippen LogP contribution in [0.3, 0.4) is 0 Å². The third-order valence-electron chi connectivity index (χ3n) is 3.73. The van der Waals surface area contributed by atoms with E-state index in [9.17, 15) is 18.0 Å². The monoisotopic (exact) mass is 395 g/mol. The Morgan fingerprint density at radius 1 is 1.14 bits per heavy atom. The Labute approximate surface area is 157 Å². The van der Waals surface area contributed by atoms with Gasteiger partial charge in [-0.3, -0.25) is 4.79 Å². The second-order valence-electron chi connectivity index (χ2n) is 5.81. The molecule has 0 aliphatic heterocycles. The summed E-state index contributed by atoms with van der Waals surface area (Å²) in [4.78, 5) is 12.1. The van der Waals surface area contributed by atoms with Gasteiger partial charge in [0.15, 0.2) is 17.2 Å². The van der Waals surface area contributed by atoms with E-state index in [0.717, 1.165) is 24.2 Å². The van der Waals surface area contributed by atoms with Crippen LogP contribution >= 0.6 is 0 Å². The summed E-state index contributed by atoms with van der Waals surface area (Å²) in [6.07, 6.45) is -3.74. The van der Waals surface area contributed by atoms with E-state index < -0.39 is 17.6 Å². The molecule has 148 valence electrons. The van der Waals surface area contributed by atoms with E-state index in [-0.39, 0.29) is 30.4 Å². The predicted molar refractivity (Wildman–Crippen MR) is 89.3 cm³/mol. The fourth-order valence-corrected chi connectivity index (χ4v) is 2.27. The standard InChI is InChI=1S/C18H16F3N3O4/c1-2-12-7-14(27-23-12)9-22-17(25)16-8-15(28-24-16)10-26-13-5-3-4-11(6-13)18(19,20)21/h3-8H,2,9-10H2,1H3,(H,22,25). The lowest BCUT2D eigenvalue weighted by atomic mass is 10.2. The van der Waals surface area contributed by atoms with Gasteiger partial charge in [-0.2, -0.15) is 13.2 Å². The number of nitrogens with zero attached hydrogens (tertiary/aromatic N) is 2. The molecule has 3 rings (SSSR count). The zero-order valence-corrected chi connectivity index (χ0v) is 14.7. The number of rotatable bonds is 7. The van der Waals surface area contributed by atoms with Crippen molar-refractivity contribution in [1.82, 2.24) is 15.6 Å². The molecule has 0 atom stereocenters. The third kappa shape index (κ3) is 4.90. The Hall–Kier alpha value is -3.30. The van der Waals surface area contributed by atoms with Gasteiger partial charge in [0.2, 0.25) is 0 Å². The summed E-state index contributed by atoms with van der Waals surface area (Å²) < 4.78 is 53.4. The van der Waals surface area contributed by atoms with Gasteiger partial charge in [0.05, 0.1) is 17.8 Å². The predicted octanol–water partition coefficient (Wildman–Crippen LogP) is 3.75. The lowest BCUT2D eigenvalue weighted by molar-refractivity contribution is -0.137. The molecule has 0 spiro atoms. The van der Waals surface area contributed by atoms with Gasteiger partial charge in [-0.15, -0.1) is 0 Å². The van der Waals surface area contributed by atoms with Gasteiger partial charge in [-0.1, -0.05) is 23.3 Å². The quantitative estimate of drug-likeness (QED) is 0.655. The minimum atomic E-state index is -4.46. The average molecular weight is 395 g/mol. The maximum absolute atomic E-state index is 12.7. The molecule has 0 saturated carbocycles. The molecular weight excluding hydrogens is 379 g/mol. The number of benzene rings is 1. The largest absolute Gasteiger partial charge is 0.486 e. The Bertz CT molecular complexity index is 949. The molecule has 7 nitrogen and oxygen atoms in total. The highest BCUT2D eigenvalue weighted by molar-refractivity contribution is 5.92. The van der Waals surface area contributed by atoms with Crippen molar-refractivity contribution in [3.8, 4) is 5.75 Å².